The van der Waals surface area contributed by atoms with E-state index >= 15 is 0 Å². The van der Waals surface area contributed by atoms with Gasteiger partial charge in [-0.1, -0.05) is 19.9 Å². The first-order valence-corrected chi connectivity index (χ1v) is 5.23. The molecule has 0 aliphatic heterocycles. The fourth-order valence-corrected chi connectivity index (χ4v) is 1.49. The fraction of sp³-hybridized carbons (Fsp3) is 0.500. The number of pyridine rings is 1. The molecule has 0 unspecified atom stereocenters. The summed E-state index contributed by atoms with van der Waals surface area (Å²) in [5, 5.41) is 0. The van der Waals surface area contributed by atoms with E-state index in [1.165, 1.54) is 7.11 Å². The zero-order valence-corrected chi connectivity index (χ0v) is 9.99. The molecule has 1 aromatic rings. The van der Waals surface area contributed by atoms with Crippen molar-refractivity contribution >= 4 is 5.97 Å². The van der Waals surface area contributed by atoms with Crippen LogP contribution in [0.3, 0.4) is 0 Å². The summed E-state index contributed by atoms with van der Waals surface area (Å²) in [4.78, 5) is 15.7. The summed E-state index contributed by atoms with van der Waals surface area (Å²) in [5.74, 6) is -0.232. The number of hydrogen-bond acceptors (Lipinski definition) is 4. The molecule has 1 rings (SSSR count). The van der Waals surface area contributed by atoms with Gasteiger partial charge in [-0.05, 0) is 12.1 Å². The molecule has 0 spiro atoms. The molecule has 16 heavy (non-hydrogen) atoms. The monoisotopic (exact) mass is 222 g/mol. The van der Waals surface area contributed by atoms with Crippen molar-refractivity contribution in [2.24, 2.45) is 5.73 Å². The first kappa shape index (κ1) is 12.6. The predicted octanol–water partition coefficient (Wildman–Crippen LogP) is 1.38. The van der Waals surface area contributed by atoms with Crippen molar-refractivity contribution in [1.82, 2.24) is 4.98 Å². The topological polar surface area (TPSA) is 65.2 Å². The Morgan fingerprint density at radius 3 is 2.75 bits per heavy atom. The number of nitrogens with two attached hydrogens (primary N) is 1. The summed E-state index contributed by atoms with van der Waals surface area (Å²) in [6.45, 7) is 4.33. The lowest BCUT2D eigenvalue weighted by atomic mass is 9.85. The summed E-state index contributed by atoms with van der Waals surface area (Å²) in [7, 11) is 1.39. The lowest BCUT2D eigenvalue weighted by Crippen LogP contribution is -2.24. The van der Waals surface area contributed by atoms with E-state index in [9.17, 15) is 4.79 Å². The molecule has 4 heteroatoms. The van der Waals surface area contributed by atoms with Crippen LogP contribution >= 0.6 is 0 Å². The second-order valence-electron chi connectivity index (χ2n) is 4.36. The highest BCUT2D eigenvalue weighted by atomic mass is 16.5. The number of carbonyl (C=O) groups excluding carboxylic acids is 1. The van der Waals surface area contributed by atoms with E-state index < -0.39 is 0 Å². The third-order valence-corrected chi connectivity index (χ3v) is 2.52. The first-order valence-electron chi connectivity index (χ1n) is 5.23. The highest BCUT2D eigenvalue weighted by molar-refractivity contribution is 5.71. The van der Waals surface area contributed by atoms with E-state index in [1.54, 1.807) is 0 Å². The van der Waals surface area contributed by atoms with Gasteiger partial charge in [0.05, 0.1) is 19.2 Å². The van der Waals surface area contributed by atoms with Crippen LogP contribution in [-0.2, 0) is 21.5 Å². The summed E-state index contributed by atoms with van der Waals surface area (Å²) >= 11 is 0. The maximum absolute atomic E-state index is 11.3. The van der Waals surface area contributed by atoms with Crippen LogP contribution in [0.15, 0.2) is 18.2 Å². The smallest absolute Gasteiger partial charge is 0.306 e. The van der Waals surface area contributed by atoms with Gasteiger partial charge in [0, 0.05) is 17.7 Å². The molecule has 1 heterocycles. The van der Waals surface area contributed by atoms with Crippen molar-refractivity contribution in [1.29, 1.82) is 0 Å². The van der Waals surface area contributed by atoms with Crippen molar-refractivity contribution < 1.29 is 9.53 Å². The average molecular weight is 222 g/mol. The van der Waals surface area contributed by atoms with Crippen LogP contribution in [0.25, 0.3) is 0 Å². The molecule has 0 aromatic carbocycles. The largest absolute Gasteiger partial charge is 0.469 e. The standard InChI is InChI=1S/C12H18N2O2/c1-12(2,7-11(15)16-3)10-6-4-5-9(8-13)14-10/h4-6H,7-8,13H2,1-3H3. The van der Waals surface area contributed by atoms with Gasteiger partial charge in [0.15, 0.2) is 0 Å². The van der Waals surface area contributed by atoms with E-state index in [-0.39, 0.29) is 11.4 Å². The number of ether oxygens (including phenoxy) is 1. The van der Waals surface area contributed by atoms with Crippen LogP contribution in [0.1, 0.15) is 31.7 Å². The lowest BCUT2D eigenvalue weighted by molar-refractivity contribution is -0.141. The average Bonchev–Trinajstić information content (AvgIpc) is 2.28. The van der Waals surface area contributed by atoms with Crippen molar-refractivity contribution in [3.63, 3.8) is 0 Å². The van der Waals surface area contributed by atoms with Crippen LogP contribution in [0.4, 0.5) is 0 Å². The van der Waals surface area contributed by atoms with Crippen molar-refractivity contribution in [3.8, 4) is 0 Å². The Morgan fingerprint density at radius 2 is 2.19 bits per heavy atom. The molecule has 4 nitrogen and oxygen atoms in total. The molecule has 0 atom stereocenters. The molecule has 2 N–H and O–H groups in total. The predicted molar refractivity (Wildman–Crippen MR) is 61.8 cm³/mol. The number of carbonyl (C=O) groups is 1. The maximum atomic E-state index is 11.3. The Kier molecular flexibility index (Phi) is 4.01. The van der Waals surface area contributed by atoms with Crippen LogP contribution in [-0.4, -0.2) is 18.1 Å². The molecule has 0 fully saturated rings. The summed E-state index contributed by atoms with van der Waals surface area (Å²) in [5.41, 5.74) is 6.89. The molecule has 88 valence electrons. The van der Waals surface area contributed by atoms with Gasteiger partial charge in [-0.15, -0.1) is 0 Å². The number of aromatic nitrogens is 1. The summed E-state index contributed by atoms with van der Waals surface area (Å²) in [6, 6.07) is 5.68. The molecule has 1 aromatic heterocycles. The number of esters is 1. The van der Waals surface area contributed by atoms with Gasteiger partial charge >= 0.3 is 5.97 Å². The number of methoxy groups -OCH3 is 1. The van der Waals surface area contributed by atoms with Gasteiger partial charge < -0.3 is 10.5 Å². The number of rotatable bonds is 4. The summed E-state index contributed by atoms with van der Waals surface area (Å²) < 4.78 is 4.67. The van der Waals surface area contributed by atoms with E-state index in [4.69, 9.17) is 5.73 Å². The van der Waals surface area contributed by atoms with Crippen LogP contribution in [0.2, 0.25) is 0 Å². The van der Waals surface area contributed by atoms with Gasteiger partial charge in [0.1, 0.15) is 0 Å². The van der Waals surface area contributed by atoms with Crippen molar-refractivity contribution in [2.45, 2.75) is 32.2 Å². The van der Waals surface area contributed by atoms with Crippen LogP contribution in [0.5, 0.6) is 0 Å². The van der Waals surface area contributed by atoms with Crippen LogP contribution in [0, 0.1) is 0 Å². The van der Waals surface area contributed by atoms with E-state index in [0.29, 0.717) is 13.0 Å². The zero-order valence-electron chi connectivity index (χ0n) is 9.99. The highest BCUT2D eigenvalue weighted by Gasteiger charge is 2.26. The van der Waals surface area contributed by atoms with E-state index in [0.717, 1.165) is 11.4 Å². The van der Waals surface area contributed by atoms with Crippen molar-refractivity contribution in [2.75, 3.05) is 7.11 Å². The molecular weight excluding hydrogens is 204 g/mol. The van der Waals surface area contributed by atoms with Gasteiger partial charge in [-0.3, -0.25) is 9.78 Å². The maximum Gasteiger partial charge on any atom is 0.306 e. The minimum absolute atomic E-state index is 0.232. The second kappa shape index (κ2) is 5.07. The Labute approximate surface area is 95.8 Å². The molecule has 0 radical (unpaired) electrons. The molecular formula is C12H18N2O2. The second-order valence-corrected chi connectivity index (χ2v) is 4.36. The third kappa shape index (κ3) is 3.03. The van der Waals surface area contributed by atoms with Crippen LogP contribution < -0.4 is 5.73 Å². The normalized spacial score (nSPS) is 11.2. The molecule has 0 saturated carbocycles. The molecule has 0 aliphatic rings. The van der Waals surface area contributed by atoms with Gasteiger partial charge in [0.2, 0.25) is 0 Å². The Balaban J connectivity index is 2.92. The number of nitrogens with zero attached hydrogens (tertiary/aromatic N) is 1. The Bertz CT molecular complexity index is 375. The Hall–Kier alpha value is -1.42. The van der Waals surface area contributed by atoms with E-state index in [2.05, 4.69) is 9.72 Å². The SMILES string of the molecule is COC(=O)CC(C)(C)c1cccc(CN)n1. The van der Waals surface area contributed by atoms with Gasteiger partial charge in [0.25, 0.3) is 0 Å². The summed E-state index contributed by atoms with van der Waals surface area (Å²) in [6.07, 6.45) is 0.310. The quantitative estimate of drug-likeness (QED) is 0.782. The van der Waals surface area contributed by atoms with Crippen molar-refractivity contribution in [3.05, 3.63) is 29.6 Å². The van der Waals surface area contributed by atoms with Gasteiger partial charge in [-0.2, -0.15) is 0 Å². The Morgan fingerprint density at radius 1 is 1.50 bits per heavy atom. The van der Waals surface area contributed by atoms with E-state index in [1.807, 2.05) is 32.0 Å². The first-order chi connectivity index (χ1) is 7.49. The third-order valence-electron chi connectivity index (χ3n) is 2.52. The molecule has 0 saturated heterocycles. The highest BCUT2D eigenvalue weighted by Crippen LogP contribution is 2.25. The zero-order chi connectivity index (χ0) is 12.2. The minimum atomic E-state index is -0.335. The fourth-order valence-electron chi connectivity index (χ4n) is 1.49. The van der Waals surface area contributed by atoms with Gasteiger partial charge in [-0.25, -0.2) is 0 Å². The molecule has 0 amide bonds. The molecule has 0 bridgehead atoms. The number of hydrogen-bond donors (Lipinski definition) is 1. The molecule has 0 aliphatic carbocycles. The minimum Gasteiger partial charge on any atom is -0.469 e. The lowest BCUT2D eigenvalue weighted by Gasteiger charge is -2.22.